The largest absolute Gasteiger partial charge is 0.500 e. The van der Waals surface area contributed by atoms with Gasteiger partial charge in [-0.05, 0) is 34.7 Å². The molecule has 2 rings (SSSR count). The molecular formula is C13H21BN2O3. The smallest absolute Gasteiger partial charge is 0.399 e. The predicted molar refractivity (Wildman–Crippen MR) is 75.5 cm³/mol. The molecule has 0 atom stereocenters. The highest BCUT2D eigenvalue weighted by Gasteiger charge is 2.52. The maximum Gasteiger partial charge on any atom is 0.500 e. The van der Waals surface area contributed by atoms with Crippen LogP contribution in [0.15, 0.2) is 17.1 Å². The second-order valence-corrected chi connectivity index (χ2v) is 5.90. The van der Waals surface area contributed by atoms with E-state index in [1.54, 1.807) is 12.3 Å². The van der Waals surface area contributed by atoms with Crippen LogP contribution in [0.1, 0.15) is 33.4 Å². The number of nitrogens with one attached hydrogen (secondary N) is 2. The Bertz CT molecular complexity index is 509. The number of hydrogen-bond donors (Lipinski definition) is 2. The molecule has 2 N–H and O–H groups in total. The monoisotopic (exact) mass is 264 g/mol. The number of aromatic amines is 1. The summed E-state index contributed by atoms with van der Waals surface area (Å²) in [5.41, 5.74) is 0.412. The van der Waals surface area contributed by atoms with Gasteiger partial charge < -0.3 is 19.6 Å². The molecule has 1 aromatic rings. The van der Waals surface area contributed by atoms with Gasteiger partial charge in [-0.1, -0.05) is 0 Å². The van der Waals surface area contributed by atoms with Gasteiger partial charge in [0.05, 0.1) is 11.2 Å². The van der Waals surface area contributed by atoms with Crippen LogP contribution in [-0.2, 0) is 15.9 Å². The van der Waals surface area contributed by atoms with Crippen molar-refractivity contribution >= 4 is 12.6 Å². The van der Waals surface area contributed by atoms with E-state index in [4.69, 9.17) is 9.31 Å². The van der Waals surface area contributed by atoms with E-state index >= 15 is 0 Å². The molecule has 0 bridgehead atoms. The summed E-state index contributed by atoms with van der Waals surface area (Å²) in [6, 6.07) is 1.58. The van der Waals surface area contributed by atoms with Gasteiger partial charge in [0.1, 0.15) is 0 Å². The maximum atomic E-state index is 12.1. The summed E-state index contributed by atoms with van der Waals surface area (Å²) >= 11 is 0. The van der Waals surface area contributed by atoms with Crippen LogP contribution >= 0.6 is 0 Å². The Kier molecular flexibility index (Phi) is 3.60. The van der Waals surface area contributed by atoms with Gasteiger partial charge in [-0.15, -0.1) is 0 Å². The van der Waals surface area contributed by atoms with Crippen LogP contribution in [0.25, 0.3) is 0 Å². The Labute approximate surface area is 113 Å². The fourth-order valence-corrected chi connectivity index (χ4v) is 1.97. The number of aromatic nitrogens is 1. The molecule has 1 saturated heterocycles. The lowest BCUT2D eigenvalue weighted by atomic mass is 9.80. The lowest BCUT2D eigenvalue weighted by Crippen LogP contribution is -2.44. The molecule has 19 heavy (non-hydrogen) atoms. The minimum Gasteiger partial charge on any atom is -0.399 e. The first-order valence-corrected chi connectivity index (χ1v) is 6.48. The summed E-state index contributed by atoms with van der Waals surface area (Å²) in [5, 5.41) is 2.99. The third kappa shape index (κ3) is 2.61. The zero-order valence-electron chi connectivity index (χ0n) is 12.2. The van der Waals surface area contributed by atoms with E-state index in [2.05, 4.69) is 10.3 Å². The topological polar surface area (TPSA) is 63.4 Å². The third-order valence-corrected chi connectivity index (χ3v) is 3.88. The van der Waals surface area contributed by atoms with E-state index < -0.39 is 18.3 Å². The first-order valence-electron chi connectivity index (χ1n) is 6.48. The molecule has 1 aliphatic heterocycles. The van der Waals surface area contributed by atoms with E-state index in [1.165, 1.54) is 0 Å². The van der Waals surface area contributed by atoms with Gasteiger partial charge in [-0.3, -0.25) is 4.79 Å². The van der Waals surface area contributed by atoms with Crippen LogP contribution in [0, 0.1) is 0 Å². The van der Waals surface area contributed by atoms with Gasteiger partial charge in [0.15, 0.2) is 5.43 Å². The van der Waals surface area contributed by atoms with E-state index in [-0.39, 0.29) is 5.43 Å². The zero-order chi connectivity index (χ0) is 14.3. The van der Waals surface area contributed by atoms with E-state index in [0.29, 0.717) is 12.0 Å². The fourth-order valence-electron chi connectivity index (χ4n) is 1.97. The summed E-state index contributed by atoms with van der Waals surface area (Å²) in [5.74, 6) is 0. The number of hydrogen-bond acceptors (Lipinski definition) is 4. The van der Waals surface area contributed by atoms with Gasteiger partial charge in [0, 0.05) is 30.0 Å². The molecule has 104 valence electrons. The summed E-state index contributed by atoms with van der Waals surface area (Å²) in [6.07, 6.45) is 1.68. The number of H-pyrrole nitrogens is 1. The van der Waals surface area contributed by atoms with Crippen LogP contribution in [0.5, 0.6) is 0 Å². The normalized spacial score (nSPS) is 20.8. The lowest BCUT2D eigenvalue weighted by Gasteiger charge is -2.32. The predicted octanol–water partition coefficient (Wildman–Crippen LogP) is 0.394. The highest BCUT2D eigenvalue weighted by atomic mass is 16.7. The van der Waals surface area contributed by atoms with Gasteiger partial charge in [0.2, 0.25) is 0 Å². The van der Waals surface area contributed by atoms with Crippen molar-refractivity contribution in [3.63, 3.8) is 0 Å². The first kappa shape index (κ1) is 14.3. The first-order chi connectivity index (χ1) is 8.77. The standard InChI is InChI=1S/C13H21BN2O3/c1-12(2)13(3,4)19-14(18-12)10-8-16-9(7-15-5)6-11(10)17/h6,8,15H,7H2,1-5H3,(H,16,17). The van der Waals surface area contributed by atoms with Crippen molar-refractivity contribution in [2.45, 2.75) is 45.4 Å². The van der Waals surface area contributed by atoms with Crippen LogP contribution in [-0.4, -0.2) is 30.4 Å². The van der Waals surface area contributed by atoms with E-state index in [1.807, 2.05) is 34.7 Å². The van der Waals surface area contributed by atoms with Crippen molar-refractivity contribution < 1.29 is 9.31 Å². The van der Waals surface area contributed by atoms with E-state index in [9.17, 15) is 4.79 Å². The highest BCUT2D eigenvalue weighted by Crippen LogP contribution is 2.36. The maximum absolute atomic E-state index is 12.1. The highest BCUT2D eigenvalue weighted by molar-refractivity contribution is 6.61. The van der Waals surface area contributed by atoms with E-state index in [0.717, 1.165) is 5.69 Å². The minimum atomic E-state index is -0.614. The zero-order valence-corrected chi connectivity index (χ0v) is 12.2. The Hall–Kier alpha value is -1.11. The van der Waals surface area contributed by atoms with Crippen LogP contribution in [0.4, 0.5) is 0 Å². The Balaban J connectivity index is 2.28. The van der Waals surface area contributed by atoms with Crippen molar-refractivity contribution in [1.29, 1.82) is 0 Å². The summed E-state index contributed by atoms with van der Waals surface area (Å²) < 4.78 is 11.7. The molecule has 1 aliphatic rings. The fraction of sp³-hybridized carbons (Fsp3) is 0.615. The minimum absolute atomic E-state index is 0.0671. The Morgan fingerprint density at radius 1 is 1.26 bits per heavy atom. The van der Waals surface area contributed by atoms with Gasteiger partial charge >= 0.3 is 7.12 Å². The molecule has 6 heteroatoms. The molecule has 0 spiro atoms. The van der Waals surface area contributed by atoms with Crippen LogP contribution in [0.3, 0.4) is 0 Å². The number of rotatable bonds is 3. The van der Waals surface area contributed by atoms with Crippen LogP contribution in [0.2, 0.25) is 0 Å². The number of pyridine rings is 1. The van der Waals surface area contributed by atoms with Crippen molar-refractivity contribution in [3.05, 3.63) is 28.2 Å². The van der Waals surface area contributed by atoms with Gasteiger partial charge in [-0.25, -0.2) is 0 Å². The molecule has 0 saturated carbocycles. The molecular weight excluding hydrogens is 243 g/mol. The molecule has 0 radical (unpaired) electrons. The lowest BCUT2D eigenvalue weighted by molar-refractivity contribution is 0.00578. The Morgan fingerprint density at radius 2 is 1.84 bits per heavy atom. The summed E-state index contributed by atoms with van der Waals surface area (Å²) in [4.78, 5) is 15.2. The summed E-state index contributed by atoms with van der Waals surface area (Å²) in [6.45, 7) is 8.50. The van der Waals surface area contributed by atoms with Crippen molar-refractivity contribution in [1.82, 2.24) is 10.3 Å². The second-order valence-electron chi connectivity index (χ2n) is 5.90. The molecule has 0 aromatic carbocycles. The molecule has 1 fully saturated rings. The summed E-state index contributed by atoms with van der Waals surface area (Å²) in [7, 11) is 1.22. The Morgan fingerprint density at radius 3 is 2.32 bits per heavy atom. The molecule has 0 unspecified atom stereocenters. The molecule has 1 aromatic heterocycles. The third-order valence-electron chi connectivity index (χ3n) is 3.88. The van der Waals surface area contributed by atoms with Crippen molar-refractivity contribution in [2.24, 2.45) is 0 Å². The SMILES string of the molecule is CNCc1cc(=O)c(B2OC(C)(C)C(C)(C)O2)c[nH]1. The quantitative estimate of drug-likeness (QED) is 0.775. The average Bonchev–Trinajstić information content (AvgIpc) is 2.48. The molecule has 0 aliphatic carbocycles. The van der Waals surface area contributed by atoms with Crippen molar-refractivity contribution in [3.8, 4) is 0 Å². The average molecular weight is 264 g/mol. The molecule has 5 nitrogen and oxygen atoms in total. The van der Waals surface area contributed by atoms with Crippen LogP contribution < -0.4 is 16.2 Å². The van der Waals surface area contributed by atoms with Gasteiger partial charge in [-0.2, -0.15) is 0 Å². The van der Waals surface area contributed by atoms with Crippen molar-refractivity contribution in [2.75, 3.05) is 7.05 Å². The molecule has 2 heterocycles. The second kappa shape index (κ2) is 4.78. The van der Waals surface area contributed by atoms with Gasteiger partial charge in [0.25, 0.3) is 0 Å². The molecule has 0 amide bonds.